The number of amides is 2. The van der Waals surface area contributed by atoms with Crippen molar-refractivity contribution in [2.24, 2.45) is 0 Å². The molecular weight excluding hydrogens is 478 g/mol. The lowest BCUT2D eigenvalue weighted by Gasteiger charge is -2.42. The number of imide groups is 1. The van der Waals surface area contributed by atoms with E-state index in [9.17, 15) is 19.2 Å². The molecule has 2 saturated heterocycles. The molecule has 0 aromatic heterocycles. The van der Waals surface area contributed by atoms with Gasteiger partial charge in [-0.1, -0.05) is 48.5 Å². The maximum absolute atomic E-state index is 13.4. The van der Waals surface area contributed by atoms with Gasteiger partial charge in [-0.2, -0.15) is 0 Å². The van der Waals surface area contributed by atoms with Crippen LogP contribution in [0, 0.1) is 0 Å². The van der Waals surface area contributed by atoms with E-state index >= 15 is 0 Å². The molecule has 0 unspecified atom stereocenters. The van der Waals surface area contributed by atoms with E-state index < -0.39 is 54.4 Å². The summed E-state index contributed by atoms with van der Waals surface area (Å²) in [5.74, 6) is -2.51. The van der Waals surface area contributed by atoms with Crippen LogP contribution in [0.3, 0.4) is 0 Å². The Morgan fingerprint density at radius 1 is 0.703 bits per heavy atom. The van der Waals surface area contributed by atoms with Crippen LogP contribution in [-0.2, 0) is 18.9 Å². The number of esters is 2. The molecule has 9 nitrogen and oxygen atoms in total. The highest BCUT2D eigenvalue weighted by Crippen LogP contribution is 2.38. The van der Waals surface area contributed by atoms with Crippen molar-refractivity contribution in [2.45, 2.75) is 30.6 Å². The Labute approximate surface area is 211 Å². The fourth-order valence-electron chi connectivity index (χ4n) is 4.91. The van der Waals surface area contributed by atoms with Crippen molar-refractivity contribution in [3.05, 3.63) is 107 Å². The van der Waals surface area contributed by atoms with Gasteiger partial charge in [-0.05, 0) is 36.4 Å². The first-order valence-electron chi connectivity index (χ1n) is 11.8. The zero-order valence-electron chi connectivity index (χ0n) is 19.4. The number of ether oxygens (including phenoxy) is 4. The SMILES string of the molecule is O=C(O[C@H]1[C@H](OC(=O)c2ccccc2)[C@H]2CO[C@H](O2)[C@@H]1N1C(=O)c2ccccc2C1=O)c1ccccc1. The highest BCUT2D eigenvalue weighted by molar-refractivity contribution is 6.21. The van der Waals surface area contributed by atoms with Gasteiger partial charge in [-0.25, -0.2) is 9.59 Å². The van der Waals surface area contributed by atoms with E-state index in [2.05, 4.69) is 0 Å². The van der Waals surface area contributed by atoms with Crippen LogP contribution in [0.15, 0.2) is 84.9 Å². The molecule has 3 aliphatic heterocycles. The molecule has 186 valence electrons. The first kappa shape index (κ1) is 23.1. The maximum Gasteiger partial charge on any atom is 0.338 e. The predicted octanol–water partition coefficient (Wildman–Crippen LogP) is 2.86. The molecule has 0 radical (unpaired) electrons. The molecule has 2 bridgehead atoms. The summed E-state index contributed by atoms with van der Waals surface area (Å²) in [6.07, 6.45) is -4.22. The summed E-state index contributed by atoms with van der Waals surface area (Å²) in [7, 11) is 0. The van der Waals surface area contributed by atoms with Gasteiger partial charge >= 0.3 is 11.9 Å². The highest BCUT2D eigenvalue weighted by Gasteiger charge is 2.60. The van der Waals surface area contributed by atoms with E-state index in [4.69, 9.17) is 18.9 Å². The normalized spacial score (nSPS) is 26.1. The van der Waals surface area contributed by atoms with Crippen molar-refractivity contribution < 1.29 is 38.1 Å². The van der Waals surface area contributed by atoms with Gasteiger partial charge in [-0.15, -0.1) is 0 Å². The smallest absolute Gasteiger partial charge is 0.338 e. The van der Waals surface area contributed by atoms with Crippen LogP contribution >= 0.6 is 0 Å². The number of fused-ring (bicyclic) bond motifs is 3. The van der Waals surface area contributed by atoms with Crippen molar-refractivity contribution >= 4 is 23.8 Å². The van der Waals surface area contributed by atoms with Crippen LogP contribution in [0.5, 0.6) is 0 Å². The average Bonchev–Trinajstić information content (AvgIpc) is 3.48. The highest BCUT2D eigenvalue weighted by atomic mass is 16.7. The van der Waals surface area contributed by atoms with E-state index in [1.807, 2.05) is 0 Å². The summed E-state index contributed by atoms with van der Waals surface area (Å²) in [4.78, 5) is 53.9. The molecule has 2 fully saturated rings. The summed E-state index contributed by atoms with van der Waals surface area (Å²) in [5, 5.41) is 0. The minimum absolute atomic E-state index is 0.0243. The Morgan fingerprint density at radius 2 is 1.19 bits per heavy atom. The Bertz CT molecular complexity index is 1340. The molecule has 0 saturated carbocycles. The number of hydrogen-bond donors (Lipinski definition) is 0. The number of benzene rings is 3. The molecule has 9 heteroatoms. The molecule has 0 spiro atoms. The van der Waals surface area contributed by atoms with Crippen molar-refractivity contribution in [3.63, 3.8) is 0 Å². The summed E-state index contributed by atoms with van der Waals surface area (Å²) in [6, 6.07) is 21.8. The van der Waals surface area contributed by atoms with Gasteiger partial charge in [0.2, 0.25) is 0 Å². The van der Waals surface area contributed by atoms with Gasteiger partial charge in [0.05, 0.1) is 28.9 Å². The van der Waals surface area contributed by atoms with E-state index in [1.165, 1.54) is 0 Å². The minimum Gasteiger partial charge on any atom is -0.452 e. The molecular formula is C28H21NO8. The second kappa shape index (κ2) is 9.27. The zero-order valence-corrected chi connectivity index (χ0v) is 19.4. The zero-order chi connectivity index (χ0) is 25.5. The van der Waals surface area contributed by atoms with Gasteiger partial charge in [0.1, 0.15) is 12.1 Å². The summed E-state index contributed by atoms with van der Waals surface area (Å²) in [6.45, 7) is 0.0243. The fraction of sp³-hybridized carbons (Fsp3) is 0.214. The molecule has 2 amide bonds. The van der Waals surface area contributed by atoms with E-state index in [-0.39, 0.29) is 28.9 Å². The number of rotatable bonds is 5. The Morgan fingerprint density at radius 3 is 1.73 bits per heavy atom. The molecule has 0 N–H and O–H groups in total. The van der Waals surface area contributed by atoms with Crippen LogP contribution in [0.1, 0.15) is 41.4 Å². The molecule has 6 rings (SSSR count). The number of carbonyl (C=O) groups excluding carboxylic acids is 4. The van der Waals surface area contributed by atoms with Crippen molar-refractivity contribution in [2.75, 3.05) is 6.61 Å². The lowest BCUT2D eigenvalue weighted by molar-refractivity contribution is -0.199. The molecule has 3 aromatic carbocycles. The third-order valence-corrected chi connectivity index (χ3v) is 6.67. The van der Waals surface area contributed by atoms with Gasteiger partial charge in [0.25, 0.3) is 11.8 Å². The molecule has 0 aliphatic carbocycles. The lowest BCUT2D eigenvalue weighted by atomic mass is 9.96. The first-order chi connectivity index (χ1) is 18.0. The quantitative estimate of drug-likeness (QED) is 0.390. The predicted molar refractivity (Wildman–Crippen MR) is 127 cm³/mol. The summed E-state index contributed by atoms with van der Waals surface area (Å²) < 4.78 is 23.5. The molecule has 37 heavy (non-hydrogen) atoms. The maximum atomic E-state index is 13.4. The van der Waals surface area contributed by atoms with Crippen LogP contribution in [0.4, 0.5) is 0 Å². The minimum atomic E-state index is -1.24. The molecule has 3 heterocycles. The third-order valence-electron chi connectivity index (χ3n) is 6.67. The van der Waals surface area contributed by atoms with Gasteiger partial charge in [0.15, 0.2) is 18.5 Å². The molecule has 3 aliphatic rings. The van der Waals surface area contributed by atoms with Crippen LogP contribution < -0.4 is 0 Å². The van der Waals surface area contributed by atoms with E-state index in [1.54, 1.807) is 84.9 Å². The molecule has 3 aromatic rings. The largest absolute Gasteiger partial charge is 0.452 e. The van der Waals surface area contributed by atoms with E-state index in [0.717, 1.165) is 4.90 Å². The monoisotopic (exact) mass is 499 g/mol. The van der Waals surface area contributed by atoms with Gasteiger partial charge in [0, 0.05) is 0 Å². The number of carbonyl (C=O) groups is 4. The standard InChI is InChI=1S/C28H21NO8/c30-24-18-13-7-8-14-19(18)25(31)29(24)21-23(37-27(33)17-11-5-2-6-12-17)22(20-15-34-28(21)35-20)36-26(32)16-9-3-1-4-10-16/h1-14,20-23,28H,15H2/t20-,21-,22-,23-,28-/m1/s1. The van der Waals surface area contributed by atoms with Crippen molar-refractivity contribution in [1.29, 1.82) is 0 Å². The van der Waals surface area contributed by atoms with Crippen LogP contribution in [-0.4, -0.2) is 65.9 Å². The van der Waals surface area contributed by atoms with Crippen LogP contribution in [0.2, 0.25) is 0 Å². The number of nitrogens with zero attached hydrogens (tertiary/aromatic N) is 1. The number of hydrogen-bond acceptors (Lipinski definition) is 8. The Kier molecular flexibility index (Phi) is 5.78. The van der Waals surface area contributed by atoms with E-state index in [0.29, 0.717) is 0 Å². The Hall–Kier alpha value is -4.34. The summed E-state index contributed by atoms with van der Waals surface area (Å²) in [5.41, 5.74) is 0.989. The second-order valence-electron chi connectivity index (χ2n) is 8.86. The lowest BCUT2D eigenvalue weighted by Crippen LogP contribution is -2.64. The topological polar surface area (TPSA) is 108 Å². The van der Waals surface area contributed by atoms with Crippen LogP contribution in [0.25, 0.3) is 0 Å². The average molecular weight is 499 g/mol. The van der Waals surface area contributed by atoms with Crippen molar-refractivity contribution in [1.82, 2.24) is 4.90 Å². The second-order valence-corrected chi connectivity index (χ2v) is 8.86. The van der Waals surface area contributed by atoms with Gasteiger partial charge < -0.3 is 18.9 Å². The Balaban J connectivity index is 1.38. The van der Waals surface area contributed by atoms with Gasteiger partial charge in [-0.3, -0.25) is 14.5 Å². The third kappa shape index (κ3) is 3.98. The fourth-order valence-corrected chi connectivity index (χ4v) is 4.91. The summed E-state index contributed by atoms with van der Waals surface area (Å²) >= 11 is 0. The first-order valence-corrected chi connectivity index (χ1v) is 11.8. The van der Waals surface area contributed by atoms with Crippen molar-refractivity contribution in [3.8, 4) is 0 Å². The molecule has 5 atom stereocenters.